The predicted molar refractivity (Wildman–Crippen MR) is 61.6 cm³/mol. The molecule has 0 spiro atoms. The number of aliphatic hydroxyl groups excluding tert-OH is 1. The van der Waals surface area contributed by atoms with Gasteiger partial charge in [-0.3, -0.25) is 0 Å². The minimum absolute atomic E-state index is 0.0699. The Kier molecular flexibility index (Phi) is 3.00. The average molecular weight is 223 g/mol. The lowest BCUT2D eigenvalue weighted by atomic mass is 10.0. The minimum Gasteiger partial charge on any atom is -0.387 e. The Morgan fingerprint density at radius 1 is 1.38 bits per heavy atom. The van der Waals surface area contributed by atoms with E-state index in [4.69, 9.17) is 0 Å². The van der Waals surface area contributed by atoms with Crippen LogP contribution in [0.2, 0.25) is 0 Å². The van der Waals surface area contributed by atoms with Gasteiger partial charge in [0.2, 0.25) is 0 Å². The fourth-order valence-corrected chi connectivity index (χ4v) is 2.29. The van der Waals surface area contributed by atoms with Gasteiger partial charge < -0.3 is 10.4 Å². The molecular weight excluding hydrogens is 205 g/mol. The highest BCUT2D eigenvalue weighted by Gasteiger charge is 2.34. The van der Waals surface area contributed by atoms with Crippen LogP contribution in [0.1, 0.15) is 38.4 Å². The molecule has 88 valence electrons. The lowest BCUT2D eigenvalue weighted by Gasteiger charge is -2.23. The summed E-state index contributed by atoms with van der Waals surface area (Å²) in [5.41, 5.74) is 0.864. The van der Waals surface area contributed by atoms with Crippen LogP contribution >= 0.6 is 0 Å². The van der Waals surface area contributed by atoms with Crippen molar-refractivity contribution in [1.82, 2.24) is 5.32 Å². The first kappa shape index (κ1) is 11.6. The Balaban J connectivity index is 2.08. The van der Waals surface area contributed by atoms with Crippen LogP contribution in [-0.4, -0.2) is 16.7 Å². The molecule has 0 saturated carbocycles. The zero-order valence-corrected chi connectivity index (χ0v) is 9.70. The molecule has 2 rings (SSSR count). The smallest absolute Gasteiger partial charge is 0.123 e. The summed E-state index contributed by atoms with van der Waals surface area (Å²) in [4.78, 5) is 0. The maximum absolute atomic E-state index is 12.8. The first-order valence-electron chi connectivity index (χ1n) is 5.69. The molecule has 2 nitrogen and oxygen atoms in total. The maximum atomic E-state index is 12.8. The van der Waals surface area contributed by atoms with Crippen LogP contribution in [0.4, 0.5) is 4.39 Å². The molecule has 16 heavy (non-hydrogen) atoms. The van der Waals surface area contributed by atoms with Crippen molar-refractivity contribution < 1.29 is 9.50 Å². The van der Waals surface area contributed by atoms with E-state index < -0.39 is 6.10 Å². The largest absolute Gasteiger partial charge is 0.387 e. The highest BCUT2D eigenvalue weighted by atomic mass is 19.1. The Morgan fingerprint density at radius 3 is 2.50 bits per heavy atom. The predicted octanol–water partition coefficient (Wildman–Crippen LogP) is 2.39. The average Bonchev–Trinajstić information content (AvgIpc) is 2.59. The topological polar surface area (TPSA) is 32.3 Å². The van der Waals surface area contributed by atoms with Crippen LogP contribution in [-0.2, 0) is 0 Å². The van der Waals surface area contributed by atoms with E-state index in [-0.39, 0.29) is 17.4 Å². The van der Waals surface area contributed by atoms with Gasteiger partial charge in [-0.05, 0) is 44.4 Å². The number of hydrogen-bond acceptors (Lipinski definition) is 2. The standard InChI is InChI=1S/C13H18FNO/c1-13(2)8-7-11(15-13)12(16)9-3-5-10(14)6-4-9/h3-6,11-12,15-16H,7-8H2,1-2H3/t11-,12?/m1/s1. The number of halogens is 1. The lowest BCUT2D eigenvalue weighted by molar-refractivity contribution is 0.131. The highest BCUT2D eigenvalue weighted by molar-refractivity contribution is 5.20. The number of benzene rings is 1. The van der Waals surface area contributed by atoms with Crippen LogP contribution in [0.3, 0.4) is 0 Å². The molecule has 0 aromatic heterocycles. The van der Waals surface area contributed by atoms with Crippen molar-refractivity contribution >= 4 is 0 Å². The monoisotopic (exact) mass is 223 g/mol. The summed E-state index contributed by atoms with van der Waals surface area (Å²) in [6.45, 7) is 4.26. The van der Waals surface area contributed by atoms with Gasteiger partial charge >= 0.3 is 0 Å². The first-order chi connectivity index (χ1) is 7.48. The van der Waals surface area contributed by atoms with Gasteiger partial charge in [-0.15, -0.1) is 0 Å². The fraction of sp³-hybridized carbons (Fsp3) is 0.538. The summed E-state index contributed by atoms with van der Waals surface area (Å²) in [5.74, 6) is -0.268. The zero-order chi connectivity index (χ0) is 11.8. The van der Waals surface area contributed by atoms with Gasteiger partial charge in [-0.25, -0.2) is 4.39 Å². The van der Waals surface area contributed by atoms with Gasteiger partial charge in [-0.2, -0.15) is 0 Å². The molecule has 0 amide bonds. The summed E-state index contributed by atoms with van der Waals surface area (Å²) in [5, 5.41) is 13.6. The maximum Gasteiger partial charge on any atom is 0.123 e. The van der Waals surface area contributed by atoms with E-state index in [0.717, 1.165) is 18.4 Å². The van der Waals surface area contributed by atoms with Crippen LogP contribution in [0.15, 0.2) is 24.3 Å². The Morgan fingerprint density at radius 2 is 2.00 bits per heavy atom. The fourth-order valence-electron chi connectivity index (χ4n) is 2.29. The molecule has 1 saturated heterocycles. The second-order valence-electron chi connectivity index (χ2n) is 5.17. The van der Waals surface area contributed by atoms with Crippen LogP contribution < -0.4 is 5.32 Å². The molecule has 3 heteroatoms. The third-order valence-corrected chi connectivity index (χ3v) is 3.25. The molecule has 2 atom stereocenters. The highest BCUT2D eigenvalue weighted by Crippen LogP contribution is 2.30. The van der Waals surface area contributed by atoms with Gasteiger partial charge in [0.15, 0.2) is 0 Å². The summed E-state index contributed by atoms with van der Waals surface area (Å²) >= 11 is 0. The second-order valence-corrected chi connectivity index (χ2v) is 5.17. The first-order valence-corrected chi connectivity index (χ1v) is 5.69. The molecule has 2 N–H and O–H groups in total. The van der Waals surface area contributed by atoms with E-state index >= 15 is 0 Å². The third kappa shape index (κ3) is 2.42. The molecule has 1 aliphatic rings. The molecular formula is C13H18FNO. The Hall–Kier alpha value is -0.930. The molecule has 0 aliphatic carbocycles. The number of rotatable bonds is 2. The number of aliphatic hydroxyl groups is 1. The molecule has 1 heterocycles. The van der Waals surface area contributed by atoms with Crippen LogP contribution in [0, 0.1) is 5.82 Å². The summed E-state index contributed by atoms with van der Waals surface area (Å²) < 4.78 is 12.8. The lowest BCUT2D eigenvalue weighted by Crippen LogP contribution is -2.40. The molecule has 1 unspecified atom stereocenters. The van der Waals surface area contributed by atoms with Crippen molar-refractivity contribution in [2.45, 2.75) is 44.4 Å². The molecule has 0 bridgehead atoms. The van der Waals surface area contributed by atoms with E-state index in [1.807, 2.05) is 0 Å². The Labute approximate surface area is 95.5 Å². The van der Waals surface area contributed by atoms with Crippen LogP contribution in [0.5, 0.6) is 0 Å². The van der Waals surface area contributed by atoms with E-state index in [2.05, 4.69) is 19.2 Å². The number of hydrogen-bond donors (Lipinski definition) is 2. The summed E-state index contributed by atoms with van der Waals surface area (Å²) in [6.07, 6.45) is 1.45. The van der Waals surface area contributed by atoms with Gasteiger partial charge in [0.25, 0.3) is 0 Å². The van der Waals surface area contributed by atoms with Crippen molar-refractivity contribution in [1.29, 1.82) is 0 Å². The quantitative estimate of drug-likeness (QED) is 0.807. The van der Waals surface area contributed by atoms with Crippen LogP contribution in [0.25, 0.3) is 0 Å². The van der Waals surface area contributed by atoms with Crippen molar-refractivity contribution in [2.24, 2.45) is 0 Å². The van der Waals surface area contributed by atoms with Crippen molar-refractivity contribution in [2.75, 3.05) is 0 Å². The summed E-state index contributed by atoms with van der Waals surface area (Å²) in [6, 6.07) is 6.14. The normalized spacial score (nSPS) is 25.6. The molecule has 1 aliphatic heterocycles. The van der Waals surface area contributed by atoms with Crippen molar-refractivity contribution in [3.8, 4) is 0 Å². The molecule has 1 fully saturated rings. The van der Waals surface area contributed by atoms with Gasteiger partial charge in [-0.1, -0.05) is 12.1 Å². The zero-order valence-electron chi connectivity index (χ0n) is 9.70. The second kappa shape index (κ2) is 4.15. The van der Waals surface area contributed by atoms with E-state index in [9.17, 15) is 9.50 Å². The SMILES string of the molecule is CC1(C)CC[C@H](C(O)c2ccc(F)cc2)N1. The van der Waals surface area contributed by atoms with Gasteiger partial charge in [0, 0.05) is 11.6 Å². The summed E-state index contributed by atoms with van der Waals surface area (Å²) in [7, 11) is 0. The Bertz CT molecular complexity index is 361. The minimum atomic E-state index is -0.553. The van der Waals surface area contributed by atoms with Crippen molar-refractivity contribution in [3.05, 3.63) is 35.6 Å². The van der Waals surface area contributed by atoms with Crippen molar-refractivity contribution in [3.63, 3.8) is 0 Å². The van der Waals surface area contributed by atoms with E-state index in [0.29, 0.717) is 0 Å². The van der Waals surface area contributed by atoms with E-state index in [1.165, 1.54) is 12.1 Å². The number of nitrogens with one attached hydrogen (secondary N) is 1. The van der Waals surface area contributed by atoms with Gasteiger partial charge in [0.1, 0.15) is 5.82 Å². The van der Waals surface area contributed by atoms with Gasteiger partial charge in [0.05, 0.1) is 6.10 Å². The third-order valence-electron chi connectivity index (χ3n) is 3.25. The molecule has 1 aromatic carbocycles. The molecule has 1 aromatic rings. The van der Waals surface area contributed by atoms with E-state index in [1.54, 1.807) is 12.1 Å². The molecule has 0 radical (unpaired) electrons.